The van der Waals surface area contributed by atoms with Gasteiger partial charge in [0.05, 0.1) is 18.6 Å². The number of hydrogen-bond acceptors (Lipinski definition) is 7. The maximum atomic E-state index is 13.1. The molecule has 7 unspecified atom stereocenters. The number of nitrogens with zero attached hydrogens (tertiary/aromatic N) is 1. The van der Waals surface area contributed by atoms with Crippen LogP contribution in [0.5, 0.6) is 0 Å². The van der Waals surface area contributed by atoms with Crippen molar-refractivity contribution >= 4 is 12.0 Å². The van der Waals surface area contributed by atoms with Gasteiger partial charge in [-0.15, -0.1) is 0 Å². The minimum absolute atomic E-state index is 0.0507. The summed E-state index contributed by atoms with van der Waals surface area (Å²) in [6.45, 7) is 16.3. The van der Waals surface area contributed by atoms with Crippen molar-refractivity contribution in [3.63, 3.8) is 0 Å². The van der Waals surface area contributed by atoms with Gasteiger partial charge in [0.25, 0.3) is 0 Å². The Morgan fingerprint density at radius 1 is 1.24 bits per heavy atom. The number of amides is 2. The molecule has 0 aromatic rings. The van der Waals surface area contributed by atoms with E-state index in [2.05, 4.69) is 56.2 Å². The van der Waals surface area contributed by atoms with E-state index >= 15 is 0 Å². The molecule has 9 nitrogen and oxygen atoms in total. The van der Waals surface area contributed by atoms with E-state index in [1.165, 1.54) is 5.57 Å². The second-order valence-electron chi connectivity index (χ2n) is 13.3. The highest BCUT2D eigenvalue weighted by molar-refractivity contribution is 5.85. The summed E-state index contributed by atoms with van der Waals surface area (Å²) in [4.78, 5) is 28.2. The number of ether oxygens (including phenoxy) is 4. The van der Waals surface area contributed by atoms with Crippen LogP contribution in [0.1, 0.15) is 67.7 Å². The van der Waals surface area contributed by atoms with E-state index in [-0.39, 0.29) is 41.0 Å². The SMILES string of the molecule is COC1C(OC(=O)NC(C(=O)NCC(C)(C)CN(C)C)C(C)C)CCC2(CO2)C1C1(C)OC1CC=C(C)C. The van der Waals surface area contributed by atoms with Crippen LogP contribution >= 0.6 is 0 Å². The molecule has 218 valence electrons. The molecule has 7 atom stereocenters. The standard InChI is InChI=1S/C29H51N3O6/c1-18(2)11-12-21-28(7,38-21)24-23(35-10)20(13-14-29(24)17-36-29)37-26(34)31-22(19(3)4)25(33)30-15-27(5,6)16-32(8)9/h11,19-24H,12-17H2,1-10H3,(H,30,33)(H,31,34). The molecule has 3 rings (SSSR count). The molecular formula is C29H51N3O6. The average molecular weight is 538 g/mol. The summed E-state index contributed by atoms with van der Waals surface area (Å²) in [6, 6.07) is -0.700. The van der Waals surface area contributed by atoms with Gasteiger partial charge in [0, 0.05) is 20.2 Å². The fourth-order valence-electron chi connectivity index (χ4n) is 6.25. The highest BCUT2D eigenvalue weighted by atomic mass is 16.6. The van der Waals surface area contributed by atoms with Gasteiger partial charge < -0.3 is 34.5 Å². The Hall–Kier alpha value is -1.68. The number of hydrogen-bond donors (Lipinski definition) is 2. The van der Waals surface area contributed by atoms with Crippen molar-refractivity contribution in [3.05, 3.63) is 11.6 Å². The molecular weight excluding hydrogens is 486 g/mol. The Bertz CT molecular complexity index is 880. The molecule has 38 heavy (non-hydrogen) atoms. The minimum atomic E-state index is -0.700. The molecule has 9 heteroatoms. The fraction of sp³-hybridized carbons (Fsp3) is 0.862. The summed E-state index contributed by atoms with van der Waals surface area (Å²) in [5.74, 6) is -0.361. The number of nitrogens with one attached hydrogen (secondary N) is 2. The van der Waals surface area contributed by atoms with E-state index in [4.69, 9.17) is 18.9 Å². The first-order valence-corrected chi connectivity index (χ1v) is 14.0. The predicted octanol–water partition coefficient (Wildman–Crippen LogP) is 3.52. The van der Waals surface area contributed by atoms with Gasteiger partial charge >= 0.3 is 6.09 Å². The average Bonchev–Trinajstić information content (AvgIpc) is 3.71. The van der Waals surface area contributed by atoms with E-state index in [0.717, 1.165) is 19.4 Å². The van der Waals surface area contributed by atoms with E-state index in [9.17, 15) is 9.59 Å². The van der Waals surface area contributed by atoms with Crippen LogP contribution in [0.2, 0.25) is 0 Å². The van der Waals surface area contributed by atoms with Crippen molar-refractivity contribution < 1.29 is 28.5 Å². The summed E-state index contributed by atoms with van der Waals surface area (Å²) in [5, 5.41) is 5.84. The van der Waals surface area contributed by atoms with E-state index in [1.807, 2.05) is 27.9 Å². The molecule has 2 heterocycles. The van der Waals surface area contributed by atoms with Crippen LogP contribution < -0.4 is 10.6 Å². The predicted molar refractivity (Wildman–Crippen MR) is 147 cm³/mol. The molecule has 2 saturated heterocycles. The zero-order chi connectivity index (χ0) is 28.5. The summed E-state index contributed by atoms with van der Waals surface area (Å²) >= 11 is 0. The molecule has 1 aliphatic carbocycles. The topological polar surface area (TPSA) is 105 Å². The molecule has 1 spiro atoms. The second kappa shape index (κ2) is 11.8. The smallest absolute Gasteiger partial charge is 0.408 e. The van der Waals surface area contributed by atoms with Gasteiger partial charge in [-0.25, -0.2) is 4.79 Å². The molecule has 0 bridgehead atoms. The van der Waals surface area contributed by atoms with Crippen LogP contribution in [0.3, 0.4) is 0 Å². The maximum Gasteiger partial charge on any atom is 0.408 e. The quantitative estimate of drug-likeness (QED) is 0.290. The summed E-state index contributed by atoms with van der Waals surface area (Å²) in [6.07, 6.45) is 3.10. The lowest BCUT2D eigenvalue weighted by atomic mass is 9.68. The molecule has 2 amide bonds. The minimum Gasteiger partial charge on any atom is -0.443 e. The zero-order valence-electron chi connectivity index (χ0n) is 25.2. The Morgan fingerprint density at radius 2 is 1.89 bits per heavy atom. The lowest BCUT2D eigenvalue weighted by Gasteiger charge is -2.42. The zero-order valence-corrected chi connectivity index (χ0v) is 25.2. The van der Waals surface area contributed by atoms with Crippen molar-refractivity contribution in [2.24, 2.45) is 17.3 Å². The number of carbonyl (C=O) groups excluding carboxylic acids is 2. The van der Waals surface area contributed by atoms with E-state index in [1.54, 1.807) is 7.11 Å². The lowest BCUT2D eigenvalue weighted by molar-refractivity contribution is -0.126. The van der Waals surface area contributed by atoms with Crippen molar-refractivity contribution in [2.45, 2.75) is 103 Å². The highest BCUT2D eigenvalue weighted by Crippen LogP contribution is 2.59. The second-order valence-corrected chi connectivity index (χ2v) is 13.3. The van der Waals surface area contributed by atoms with Crippen molar-refractivity contribution in [1.29, 1.82) is 0 Å². The molecule has 0 aromatic heterocycles. The van der Waals surface area contributed by atoms with Crippen LogP contribution in [-0.4, -0.2) is 93.4 Å². The summed E-state index contributed by atoms with van der Waals surface area (Å²) in [5.41, 5.74) is 0.469. The van der Waals surface area contributed by atoms with Crippen LogP contribution in [0, 0.1) is 17.3 Å². The van der Waals surface area contributed by atoms with Gasteiger partial charge in [-0.3, -0.25) is 4.79 Å². The Labute approximate surface area is 229 Å². The maximum absolute atomic E-state index is 13.1. The fourth-order valence-corrected chi connectivity index (χ4v) is 6.25. The number of alkyl carbamates (subject to hydrolysis) is 1. The highest BCUT2D eigenvalue weighted by Gasteiger charge is 2.72. The number of carbonyl (C=O) groups is 2. The van der Waals surface area contributed by atoms with Crippen molar-refractivity contribution in [1.82, 2.24) is 15.5 Å². The van der Waals surface area contributed by atoms with Gasteiger partial charge in [0.15, 0.2) is 0 Å². The van der Waals surface area contributed by atoms with Crippen LogP contribution in [0.25, 0.3) is 0 Å². The number of epoxide rings is 2. The van der Waals surface area contributed by atoms with Gasteiger partial charge in [-0.05, 0) is 65.5 Å². The number of rotatable bonds is 12. The van der Waals surface area contributed by atoms with Crippen LogP contribution in [-0.2, 0) is 23.7 Å². The number of methoxy groups -OCH3 is 1. The molecule has 2 N–H and O–H groups in total. The van der Waals surface area contributed by atoms with Gasteiger partial charge in [0.2, 0.25) is 5.91 Å². The third-order valence-electron chi connectivity index (χ3n) is 8.20. The molecule has 2 aliphatic heterocycles. The lowest BCUT2D eigenvalue weighted by Crippen LogP contribution is -2.57. The third kappa shape index (κ3) is 7.29. The van der Waals surface area contributed by atoms with E-state index < -0.39 is 23.8 Å². The largest absolute Gasteiger partial charge is 0.443 e. The monoisotopic (exact) mass is 537 g/mol. The van der Waals surface area contributed by atoms with Crippen molar-refractivity contribution in [3.8, 4) is 0 Å². The first kappa shape index (κ1) is 30.9. The Morgan fingerprint density at radius 3 is 2.42 bits per heavy atom. The summed E-state index contributed by atoms with van der Waals surface area (Å²) in [7, 11) is 5.68. The van der Waals surface area contributed by atoms with Gasteiger partial charge in [-0.1, -0.05) is 39.3 Å². The van der Waals surface area contributed by atoms with Gasteiger partial charge in [0.1, 0.15) is 29.5 Å². The van der Waals surface area contributed by atoms with Gasteiger partial charge in [-0.2, -0.15) is 0 Å². The van der Waals surface area contributed by atoms with Crippen LogP contribution in [0.4, 0.5) is 4.79 Å². The number of allylic oxidation sites excluding steroid dienone is 1. The normalized spacial score (nSPS) is 33.2. The first-order valence-electron chi connectivity index (χ1n) is 14.0. The Kier molecular flexibility index (Phi) is 9.60. The summed E-state index contributed by atoms with van der Waals surface area (Å²) < 4.78 is 24.2. The molecule has 1 saturated carbocycles. The third-order valence-corrected chi connectivity index (χ3v) is 8.20. The van der Waals surface area contributed by atoms with Crippen LogP contribution in [0.15, 0.2) is 11.6 Å². The Balaban J connectivity index is 1.64. The first-order chi connectivity index (χ1) is 17.6. The molecule has 3 aliphatic rings. The van der Waals surface area contributed by atoms with E-state index in [0.29, 0.717) is 19.6 Å². The molecule has 3 fully saturated rings. The van der Waals surface area contributed by atoms with Crippen molar-refractivity contribution in [2.75, 3.05) is 40.9 Å². The molecule has 0 radical (unpaired) electrons. The molecule has 0 aromatic carbocycles.